The monoisotopic (exact) mass is 658 g/mol. The van der Waals surface area contributed by atoms with Gasteiger partial charge in [-0.2, -0.15) is 10.5 Å². The van der Waals surface area contributed by atoms with Crippen molar-refractivity contribution in [3.05, 3.63) is 0 Å². The molecule has 0 saturated heterocycles. The maximum atomic E-state index is 10.1. The number of hydrogen-bond donors (Lipinski definition) is 2. The van der Waals surface area contributed by atoms with Crippen molar-refractivity contribution < 1.29 is 43.4 Å². The van der Waals surface area contributed by atoms with E-state index >= 15 is 0 Å². The first-order chi connectivity index (χ1) is 21.5. The third kappa shape index (κ3) is 19.4. The predicted octanol–water partition coefficient (Wildman–Crippen LogP) is 5.35. The van der Waals surface area contributed by atoms with E-state index in [-0.39, 0.29) is 62.5 Å². The van der Waals surface area contributed by atoms with Gasteiger partial charge in [-0.15, -0.1) is 0 Å². The molecule has 0 aromatic rings. The van der Waals surface area contributed by atoms with Gasteiger partial charge in [-0.1, -0.05) is 27.7 Å². The van der Waals surface area contributed by atoms with Crippen LogP contribution in [0.15, 0.2) is 0 Å². The molecule has 0 aromatic carbocycles. The lowest BCUT2D eigenvalue weighted by atomic mass is 9.74. The van der Waals surface area contributed by atoms with Gasteiger partial charge in [-0.3, -0.25) is 0 Å². The van der Waals surface area contributed by atoms with Crippen LogP contribution in [-0.4, -0.2) is 111 Å². The summed E-state index contributed by atoms with van der Waals surface area (Å²) in [6, 6.07) is 4.10. The highest BCUT2D eigenvalue weighted by Gasteiger charge is 2.42. The smallest absolute Gasteiger partial charge is 0.101 e. The van der Waals surface area contributed by atoms with Crippen LogP contribution in [0.5, 0.6) is 0 Å². The van der Waals surface area contributed by atoms with E-state index in [1.165, 1.54) is 0 Å². The van der Waals surface area contributed by atoms with Crippen molar-refractivity contribution in [2.75, 3.05) is 59.5 Å². The second-order valence-corrected chi connectivity index (χ2v) is 14.0. The topological polar surface area (TPSA) is 153 Å². The molecular formula is C35H66N2O9. The first-order valence-corrected chi connectivity index (χ1v) is 16.9. The number of hydrogen-bond acceptors (Lipinski definition) is 11. The Balaban J connectivity index is 4.59. The number of ether oxygens (including phenoxy) is 7. The number of aliphatic hydroxyl groups is 2. The van der Waals surface area contributed by atoms with Crippen LogP contribution in [0.25, 0.3) is 0 Å². The van der Waals surface area contributed by atoms with Crippen molar-refractivity contribution in [3.63, 3.8) is 0 Å². The molecule has 0 bridgehead atoms. The lowest BCUT2D eigenvalue weighted by Gasteiger charge is -2.45. The number of nitriles is 2. The summed E-state index contributed by atoms with van der Waals surface area (Å²) >= 11 is 0. The van der Waals surface area contributed by atoms with Crippen molar-refractivity contribution in [1.82, 2.24) is 0 Å². The molecule has 0 heterocycles. The molecule has 11 nitrogen and oxygen atoms in total. The van der Waals surface area contributed by atoms with Crippen LogP contribution < -0.4 is 0 Å². The first kappa shape index (κ1) is 44.6. The normalized spacial score (nSPS) is 17.7. The zero-order chi connectivity index (χ0) is 35.3. The Labute approximate surface area is 279 Å². The van der Waals surface area contributed by atoms with E-state index in [1.807, 2.05) is 19.9 Å². The van der Waals surface area contributed by atoms with E-state index in [2.05, 4.69) is 47.6 Å². The SMILES string of the molecule is CCC(C)(CCOCC(O)COC(C)CC#N)OCC(C)(C)C(C)(CC)OCCC(C)(C)OCCOCC(O)COC(C)CC#N. The van der Waals surface area contributed by atoms with Crippen molar-refractivity contribution in [1.29, 1.82) is 10.5 Å². The highest BCUT2D eigenvalue weighted by molar-refractivity contribution is 4.92. The second-order valence-electron chi connectivity index (χ2n) is 14.0. The van der Waals surface area contributed by atoms with Crippen LogP contribution in [0.1, 0.15) is 108 Å². The predicted molar refractivity (Wildman–Crippen MR) is 177 cm³/mol. The van der Waals surface area contributed by atoms with Gasteiger partial charge < -0.3 is 43.4 Å². The van der Waals surface area contributed by atoms with E-state index < -0.39 is 23.4 Å². The summed E-state index contributed by atoms with van der Waals surface area (Å²) in [5.41, 5.74) is -1.50. The quantitative estimate of drug-likeness (QED) is 0.100. The molecule has 0 aliphatic carbocycles. The Morgan fingerprint density at radius 1 is 0.630 bits per heavy atom. The zero-order valence-electron chi connectivity index (χ0n) is 30.6. The van der Waals surface area contributed by atoms with Gasteiger partial charge in [0, 0.05) is 12.0 Å². The van der Waals surface area contributed by atoms with Crippen molar-refractivity contribution >= 4 is 0 Å². The van der Waals surface area contributed by atoms with Gasteiger partial charge in [0.25, 0.3) is 0 Å². The molecule has 0 spiro atoms. The fourth-order valence-corrected chi connectivity index (χ4v) is 4.35. The summed E-state index contributed by atoms with van der Waals surface area (Å²) in [5.74, 6) is 0. The zero-order valence-corrected chi connectivity index (χ0v) is 30.6. The molecule has 0 amide bonds. The molecule has 0 rings (SSSR count). The van der Waals surface area contributed by atoms with Gasteiger partial charge in [0.05, 0.1) is 107 Å². The maximum Gasteiger partial charge on any atom is 0.101 e. The Kier molecular flexibility index (Phi) is 22.4. The molecule has 11 heteroatoms. The van der Waals surface area contributed by atoms with E-state index in [9.17, 15) is 10.2 Å². The van der Waals surface area contributed by atoms with Crippen LogP contribution in [0.4, 0.5) is 0 Å². The lowest BCUT2D eigenvalue weighted by molar-refractivity contribution is -0.172. The third-order valence-electron chi connectivity index (χ3n) is 8.78. The Hall–Kier alpha value is -1.38. The molecule has 6 unspecified atom stereocenters. The van der Waals surface area contributed by atoms with Crippen molar-refractivity contribution in [2.24, 2.45) is 5.41 Å². The molecule has 2 N–H and O–H groups in total. The fraction of sp³-hybridized carbons (Fsp3) is 0.943. The minimum atomic E-state index is -0.749. The van der Waals surface area contributed by atoms with Gasteiger partial charge in [0.15, 0.2) is 0 Å². The average molecular weight is 659 g/mol. The Morgan fingerprint density at radius 2 is 1.15 bits per heavy atom. The lowest BCUT2D eigenvalue weighted by Crippen LogP contribution is -2.49. The van der Waals surface area contributed by atoms with Gasteiger partial charge in [-0.25, -0.2) is 0 Å². The molecule has 270 valence electrons. The molecule has 0 aliphatic heterocycles. The largest absolute Gasteiger partial charge is 0.388 e. The minimum Gasteiger partial charge on any atom is -0.388 e. The summed E-state index contributed by atoms with van der Waals surface area (Å²) in [5, 5.41) is 37.5. The molecule has 6 atom stereocenters. The maximum absolute atomic E-state index is 10.1. The van der Waals surface area contributed by atoms with Gasteiger partial charge in [0.1, 0.15) is 12.2 Å². The summed E-state index contributed by atoms with van der Waals surface area (Å²) < 4.78 is 41.3. The van der Waals surface area contributed by atoms with Crippen LogP contribution in [0.2, 0.25) is 0 Å². The highest BCUT2D eigenvalue weighted by Crippen LogP contribution is 2.39. The number of nitrogens with zero attached hydrogens (tertiary/aromatic N) is 2. The summed E-state index contributed by atoms with van der Waals surface area (Å²) in [7, 11) is 0. The molecule has 0 radical (unpaired) electrons. The van der Waals surface area contributed by atoms with Gasteiger partial charge in [-0.05, 0) is 67.2 Å². The average Bonchev–Trinajstić information content (AvgIpc) is 3.00. The number of aliphatic hydroxyl groups excluding tert-OH is 2. The van der Waals surface area contributed by atoms with Crippen molar-refractivity contribution in [2.45, 2.75) is 149 Å². The fourth-order valence-electron chi connectivity index (χ4n) is 4.35. The second kappa shape index (κ2) is 23.1. The molecule has 0 fully saturated rings. The van der Waals surface area contributed by atoms with E-state index in [1.54, 1.807) is 13.8 Å². The summed E-state index contributed by atoms with van der Waals surface area (Å²) in [6.45, 7) is 23.3. The summed E-state index contributed by atoms with van der Waals surface area (Å²) in [4.78, 5) is 0. The molecular weight excluding hydrogens is 592 g/mol. The van der Waals surface area contributed by atoms with E-state index in [0.29, 0.717) is 45.9 Å². The van der Waals surface area contributed by atoms with Crippen molar-refractivity contribution in [3.8, 4) is 12.1 Å². The summed E-state index contributed by atoms with van der Waals surface area (Å²) in [6.07, 6.45) is 1.67. The molecule has 0 saturated carbocycles. The first-order valence-electron chi connectivity index (χ1n) is 16.9. The highest BCUT2D eigenvalue weighted by atomic mass is 16.6. The molecule has 46 heavy (non-hydrogen) atoms. The minimum absolute atomic E-state index is 0.128. The molecule has 0 aromatic heterocycles. The Morgan fingerprint density at radius 3 is 1.63 bits per heavy atom. The standard InChI is InChI=1S/C35H66N2O9/c1-11-34(9,16-19-40-23-30(38)25-42-28(3)13-17-36)46-27-32(5,6)35(10,12-2)45-20-15-33(7,8)44-22-21-41-24-31(39)26-43-29(4)14-18-37/h28-31,38-39H,11-16,19-27H2,1-10H3. The van der Waals surface area contributed by atoms with Crippen LogP contribution in [0.3, 0.4) is 0 Å². The van der Waals surface area contributed by atoms with E-state index in [4.69, 9.17) is 43.7 Å². The molecule has 0 aliphatic rings. The number of rotatable bonds is 29. The third-order valence-corrected chi connectivity index (χ3v) is 8.78. The van der Waals surface area contributed by atoms with E-state index in [0.717, 1.165) is 12.8 Å². The van der Waals surface area contributed by atoms with Crippen LogP contribution >= 0.6 is 0 Å². The Bertz CT molecular complexity index is 875. The van der Waals surface area contributed by atoms with Gasteiger partial charge in [0.2, 0.25) is 0 Å². The van der Waals surface area contributed by atoms with Crippen LogP contribution in [0, 0.1) is 28.1 Å². The van der Waals surface area contributed by atoms with Gasteiger partial charge >= 0.3 is 0 Å². The van der Waals surface area contributed by atoms with Crippen LogP contribution in [-0.2, 0) is 33.2 Å².